The predicted octanol–water partition coefficient (Wildman–Crippen LogP) is -2.73. The van der Waals surface area contributed by atoms with Crippen LogP contribution in [0.15, 0.2) is 24.3 Å². The molecule has 1 aromatic carbocycles. The Morgan fingerprint density at radius 2 is 1.34 bits per heavy atom. The van der Waals surface area contributed by atoms with Gasteiger partial charge in [0.1, 0.15) is 54.3 Å². The SMILES string of the molecule is CCC(C)CC(C)CCCCCCCCC(=O)N[C@H]1C[C@@H](O)C(NCCNCCN)NC(=O)C2[C@@H](O)CCN2C(=O)C([C@H](O)CCN)NC(=O)C([C@H](O)[C@@H](O)c2ccc(O)cc2)NC(=O)C2C[C@@H](O)CC2C(=O)C([C@@H](C)O)NC1=O. The van der Waals surface area contributed by atoms with Gasteiger partial charge in [-0.2, -0.15) is 0 Å². The summed E-state index contributed by atoms with van der Waals surface area (Å²) in [5.41, 5.74) is 11.4. The van der Waals surface area contributed by atoms with Crippen LogP contribution in [0.4, 0.5) is 0 Å². The molecule has 25 nitrogen and oxygen atoms in total. The number of carbonyl (C=O) groups excluding carboxylic acids is 7. The molecule has 6 amide bonds. The zero-order chi connectivity index (χ0) is 59.2. The van der Waals surface area contributed by atoms with Crippen LogP contribution in [0.3, 0.4) is 0 Å². The Morgan fingerprint density at radius 3 is 1.99 bits per heavy atom. The lowest BCUT2D eigenvalue weighted by atomic mass is 9.85. The van der Waals surface area contributed by atoms with E-state index in [2.05, 4.69) is 58.0 Å². The fraction of sp³-hybridized carbons (Fsp3) is 0.764. The van der Waals surface area contributed by atoms with Gasteiger partial charge in [-0.1, -0.05) is 77.8 Å². The van der Waals surface area contributed by atoms with E-state index in [9.17, 15) is 74.4 Å². The first-order chi connectivity index (χ1) is 38.0. The number of amides is 6. The van der Waals surface area contributed by atoms with Crippen molar-refractivity contribution in [3.05, 3.63) is 29.8 Å². The van der Waals surface area contributed by atoms with Gasteiger partial charge < -0.3 is 89.1 Å². The van der Waals surface area contributed by atoms with E-state index in [1.807, 2.05) is 0 Å². The first kappa shape index (κ1) is 67.6. The van der Waals surface area contributed by atoms with Gasteiger partial charge in [-0.05, 0) is 81.5 Å². The molecule has 80 heavy (non-hydrogen) atoms. The number of ketones is 1. The molecular weight excluding hydrogens is 1040 g/mol. The number of aromatic hydroxyl groups is 1. The third-order valence-electron chi connectivity index (χ3n) is 15.8. The van der Waals surface area contributed by atoms with Gasteiger partial charge in [-0.3, -0.25) is 38.9 Å². The molecule has 2 heterocycles. The molecule has 4 rings (SSSR count). The van der Waals surface area contributed by atoms with Crippen molar-refractivity contribution in [2.75, 3.05) is 39.3 Å². The monoisotopic (exact) mass is 1130 g/mol. The number of phenols is 1. The van der Waals surface area contributed by atoms with Crippen LogP contribution in [0, 0.1) is 23.7 Å². The molecule has 0 spiro atoms. The Hall–Kier alpha value is -4.93. The Labute approximate surface area is 469 Å². The van der Waals surface area contributed by atoms with E-state index in [4.69, 9.17) is 11.5 Å². The van der Waals surface area contributed by atoms with E-state index in [0.717, 1.165) is 43.4 Å². The van der Waals surface area contributed by atoms with Crippen molar-refractivity contribution in [2.45, 2.75) is 203 Å². The van der Waals surface area contributed by atoms with Crippen LogP contribution in [-0.4, -0.2) is 199 Å². The number of unbranched alkanes of at least 4 members (excludes halogenated alkanes) is 5. The number of hydrogen-bond donors (Lipinski definition) is 17. The van der Waals surface area contributed by atoms with E-state index in [-0.39, 0.29) is 69.7 Å². The molecule has 25 heteroatoms. The first-order valence-electron chi connectivity index (χ1n) is 28.8. The molecule has 1 saturated carbocycles. The Kier molecular flexibility index (Phi) is 28.6. The van der Waals surface area contributed by atoms with Gasteiger partial charge in [0.15, 0.2) is 5.78 Å². The molecule has 454 valence electrons. The van der Waals surface area contributed by atoms with Crippen LogP contribution in [0.25, 0.3) is 0 Å². The van der Waals surface area contributed by atoms with E-state index in [0.29, 0.717) is 31.2 Å². The lowest BCUT2D eigenvalue weighted by Gasteiger charge is -2.35. The van der Waals surface area contributed by atoms with Gasteiger partial charge in [0.05, 0.1) is 36.4 Å². The third-order valence-corrected chi connectivity index (χ3v) is 15.8. The number of nitrogens with two attached hydrogens (primary N) is 2. The van der Waals surface area contributed by atoms with Gasteiger partial charge in [-0.25, -0.2) is 0 Å². The second-order valence-corrected chi connectivity index (χ2v) is 22.4. The average molecular weight is 1140 g/mol. The molecule has 2 aliphatic heterocycles. The van der Waals surface area contributed by atoms with Crippen LogP contribution in [0.1, 0.15) is 136 Å². The van der Waals surface area contributed by atoms with Gasteiger partial charge in [0, 0.05) is 51.5 Å². The van der Waals surface area contributed by atoms with Gasteiger partial charge in [0.2, 0.25) is 35.4 Å². The van der Waals surface area contributed by atoms with Crippen molar-refractivity contribution < 1.29 is 74.4 Å². The van der Waals surface area contributed by atoms with Crippen LogP contribution in [-0.2, 0) is 33.6 Å². The standard InChI is InChI=1S/C55H94N10O15/c1-5-30(2)26-31(3)12-10-8-6-7-9-11-13-42(72)60-38-29-41(71)50(59-24-23-58-22-21-57)64-54(79)46-40(70)19-25-65(46)55(80)44(39(69)18-20-56)62-53(78)45(49(75)47(73)33-14-16-34(67)17-15-33)63-51(76)37-28-35(68)27-36(37)48(74)43(32(4)66)61-52(38)77/h14-17,30-32,35-41,43-47,49-50,58-59,66-71,73,75H,5-13,18-29,56-57H2,1-4H3,(H,60,72)(H,61,77)(H,62,78)(H,63,76)(H,64,79)/t30?,31?,32-,35+,36?,37?,38+,39-,40+,41-,43?,44?,45?,46?,47+,49+,50?/m1/s1. The number of aliphatic hydroxyl groups excluding tert-OH is 7. The molecule has 0 radical (unpaired) electrons. The molecule has 0 aromatic heterocycles. The second-order valence-electron chi connectivity index (χ2n) is 22.4. The van der Waals surface area contributed by atoms with Crippen molar-refractivity contribution in [2.24, 2.45) is 35.1 Å². The number of phenolic OH excluding ortho intramolecular Hbond substituents is 1. The number of fused-ring (bicyclic) bond motifs is 2. The summed E-state index contributed by atoms with van der Waals surface area (Å²) < 4.78 is 0. The quantitative estimate of drug-likeness (QED) is 0.0419. The molecule has 2 saturated heterocycles. The number of rotatable bonds is 26. The van der Waals surface area contributed by atoms with E-state index < -0.39 is 145 Å². The zero-order valence-electron chi connectivity index (χ0n) is 47.0. The molecular formula is C55H94N10O15. The summed E-state index contributed by atoms with van der Waals surface area (Å²) in [5.74, 6) is -9.07. The topological polar surface area (TPSA) is 421 Å². The second kappa shape index (κ2) is 33.9. The maximum atomic E-state index is 14.7. The van der Waals surface area contributed by atoms with E-state index in [1.165, 1.54) is 37.6 Å². The van der Waals surface area contributed by atoms with E-state index >= 15 is 0 Å². The smallest absolute Gasteiger partial charge is 0.248 e. The van der Waals surface area contributed by atoms with Crippen LogP contribution < -0.4 is 48.7 Å². The largest absolute Gasteiger partial charge is 0.508 e. The third kappa shape index (κ3) is 20.2. The number of hydrogen-bond acceptors (Lipinski definition) is 19. The number of nitrogens with zero attached hydrogens (tertiary/aromatic N) is 1. The van der Waals surface area contributed by atoms with Gasteiger partial charge in [0.25, 0.3) is 0 Å². The highest BCUT2D eigenvalue weighted by Crippen LogP contribution is 2.35. The number of Topliss-reactive ketones (excluding diaryl/α,β-unsaturated/α-hetero) is 1. The van der Waals surface area contributed by atoms with Crippen molar-refractivity contribution in [3.63, 3.8) is 0 Å². The molecule has 3 aliphatic rings. The number of aliphatic hydroxyl groups is 7. The average Bonchev–Trinajstić information content (AvgIpc) is 4.12. The molecule has 9 unspecified atom stereocenters. The molecule has 1 aliphatic carbocycles. The minimum atomic E-state index is -2.26. The summed E-state index contributed by atoms with van der Waals surface area (Å²) >= 11 is 0. The normalized spacial score (nSPS) is 28.9. The minimum Gasteiger partial charge on any atom is -0.508 e. The van der Waals surface area contributed by atoms with Gasteiger partial charge in [-0.15, -0.1) is 0 Å². The fourth-order valence-corrected chi connectivity index (χ4v) is 11.0. The lowest BCUT2D eigenvalue weighted by molar-refractivity contribution is -0.147. The number of benzene rings is 1. The highest BCUT2D eigenvalue weighted by molar-refractivity contribution is 5.99. The summed E-state index contributed by atoms with van der Waals surface area (Å²) in [5, 5.41) is 109. The van der Waals surface area contributed by atoms with Gasteiger partial charge >= 0.3 is 0 Å². The Morgan fingerprint density at radius 1 is 0.700 bits per heavy atom. The Bertz CT molecular complexity index is 2130. The maximum absolute atomic E-state index is 14.7. The number of nitrogens with one attached hydrogen (secondary N) is 7. The van der Waals surface area contributed by atoms with Crippen LogP contribution >= 0.6 is 0 Å². The minimum absolute atomic E-state index is 0.0179. The van der Waals surface area contributed by atoms with Crippen molar-refractivity contribution >= 4 is 41.2 Å². The van der Waals surface area contributed by atoms with Crippen molar-refractivity contribution in [1.82, 2.24) is 42.1 Å². The van der Waals surface area contributed by atoms with Crippen molar-refractivity contribution in [3.8, 4) is 5.75 Å². The molecule has 1 aromatic rings. The maximum Gasteiger partial charge on any atom is 0.248 e. The van der Waals surface area contributed by atoms with Crippen molar-refractivity contribution in [1.29, 1.82) is 0 Å². The van der Waals surface area contributed by atoms with Crippen LogP contribution in [0.2, 0.25) is 0 Å². The molecule has 0 bridgehead atoms. The molecule has 3 fully saturated rings. The predicted molar refractivity (Wildman–Crippen MR) is 294 cm³/mol. The highest BCUT2D eigenvalue weighted by Gasteiger charge is 2.50. The zero-order valence-corrected chi connectivity index (χ0v) is 47.0. The first-order valence-corrected chi connectivity index (χ1v) is 28.8. The summed E-state index contributed by atoms with van der Waals surface area (Å²) in [4.78, 5) is 102. The summed E-state index contributed by atoms with van der Waals surface area (Å²) in [6, 6.07) is -4.56. The molecule has 17 atom stereocenters. The Balaban J connectivity index is 1.75. The fourth-order valence-electron chi connectivity index (χ4n) is 11.0. The highest BCUT2D eigenvalue weighted by atomic mass is 16.3. The summed E-state index contributed by atoms with van der Waals surface area (Å²) in [6.45, 7) is 8.40. The number of carbonyl (C=O) groups is 7. The lowest BCUT2D eigenvalue weighted by Crippen LogP contribution is -2.64. The summed E-state index contributed by atoms with van der Waals surface area (Å²) in [7, 11) is 0. The summed E-state index contributed by atoms with van der Waals surface area (Å²) in [6.07, 6.45) is -7.01. The van der Waals surface area contributed by atoms with Crippen LogP contribution in [0.5, 0.6) is 5.75 Å². The molecule has 19 N–H and O–H groups in total. The van der Waals surface area contributed by atoms with E-state index in [1.54, 1.807) is 0 Å².